The monoisotopic (exact) mass is 504 g/mol. The van der Waals surface area contributed by atoms with Crippen molar-refractivity contribution in [3.05, 3.63) is 71.6 Å². The van der Waals surface area contributed by atoms with Crippen molar-refractivity contribution in [1.82, 2.24) is 19.5 Å². The van der Waals surface area contributed by atoms with Crippen molar-refractivity contribution in [1.29, 1.82) is 0 Å². The van der Waals surface area contributed by atoms with Crippen molar-refractivity contribution < 1.29 is 27.5 Å². The first-order chi connectivity index (χ1) is 16.5. The highest BCUT2D eigenvalue weighted by Crippen LogP contribution is 2.34. The van der Waals surface area contributed by atoms with Crippen molar-refractivity contribution in [3.63, 3.8) is 0 Å². The van der Waals surface area contributed by atoms with Crippen LogP contribution in [-0.2, 0) is 23.1 Å². The van der Waals surface area contributed by atoms with Crippen LogP contribution in [0, 0.1) is 5.82 Å². The summed E-state index contributed by atoms with van der Waals surface area (Å²) in [6.07, 6.45) is -0.150. The zero-order chi connectivity index (χ0) is 25.3. The van der Waals surface area contributed by atoms with Crippen LogP contribution in [-0.4, -0.2) is 30.6 Å². The van der Waals surface area contributed by atoms with Gasteiger partial charge in [0.25, 0.3) is 0 Å². The number of carboxylic acids is 1. The fourth-order valence-electron chi connectivity index (χ4n) is 3.61. The maximum atomic E-state index is 14.3. The average Bonchev–Trinajstić information content (AvgIpc) is 3.18. The Morgan fingerprint density at radius 3 is 2.54 bits per heavy atom. The van der Waals surface area contributed by atoms with Gasteiger partial charge >= 0.3 is 12.1 Å². The average molecular weight is 505 g/mol. The molecule has 0 radical (unpaired) electrons. The number of carbonyl (C=O) groups is 1. The molecule has 3 heterocycles. The Bertz CT molecular complexity index is 1390. The number of nitrogens with zero attached hydrogens (tertiary/aromatic N) is 4. The van der Waals surface area contributed by atoms with Crippen molar-refractivity contribution in [2.45, 2.75) is 43.4 Å². The molecule has 0 aliphatic rings. The van der Waals surface area contributed by atoms with Crippen molar-refractivity contribution in [2.75, 3.05) is 0 Å². The summed E-state index contributed by atoms with van der Waals surface area (Å²) < 4.78 is 55.0. The molecule has 1 N–H and O–H groups in total. The van der Waals surface area contributed by atoms with Gasteiger partial charge < -0.3 is 9.67 Å². The van der Waals surface area contributed by atoms with Crippen LogP contribution in [0.2, 0.25) is 0 Å². The molecule has 6 nitrogen and oxygen atoms in total. The highest BCUT2D eigenvalue weighted by Gasteiger charge is 2.32. The number of hydrogen-bond donors (Lipinski definition) is 1. The molecule has 0 saturated heterocycles. The molecule has 0 bridgehead atoms. The number of fused-ring (bicyclic) bond motifs is 1. The van der Waals surface area contributed by atoms with E-state index in [0.29, 0.717) is 38.4 Å². The molecule has 4 rings (SSSR count). The van der Waals surface area contributed by atoms with Crippen LogP contribution in [0.4, 0.5) is 17.6 Å². The second-order valence-electron chi connectivity index (χ2n) is 8.15. The number of pyridine rings is 1. The van der Waals surface area contributed by atoms with Gasteiger partial charge in [-0.25, -0.2) is 14.4 Å². The lowest BCUT2D eigenvalue weighted by atomic mass is 10.1. The highest BCUT2D eigenvalue weighted by atomic mass is 32.2. The first kappa shape index (κ1) is 24.6. The smallest absolute Gasteiger partial charge is 0.433 e. The highest BCUT2D eigenvalue weighted by molar-refractivity contribution is 7.98. The first-order valence-corrected chi connectivity index (χ1v) is 11.5. The van der Waals surface area contributed by atoms with Crippen LogP contribution in [0.5, 0.6) is 0 Å². The van der Waals surface area contributed by atoms with Crippen molar-refractivity contribution in [2.24, 2.45) is 0 Å². The van der Waals surface area contributed by atoms with E-state index in [4.69, 9.17) is 5.11 Å². The molecule has 0 unspecified atom stereocenters. The summed E-state index contributed by atoms with van der Waals surface area (Å²) >= 11 is 1.17. The van der Waals surface area contributed by atoms with E-state index in [1.165, 1.54) is 42.2 Å². The van der Waals surface area contributed by atoms with E-state index >= 15 is 0 Å². The second kappa shape index (κ2) is 9.65. The fraction of sp³-hybridized carbons (Fsp3) is 0.250. The molecule has 0 saturated carbocycles. The molecule has 0 aliphatic carbocycles. The number of carboxylic acid groups (broad SMARTS) is 1. The Morgan fingerprint density at radius 1 is 1.14 bits per heavy atom. The lowest BCUT2D eigenvalue weighted by Gasteiger charge is -2.09. The third kappa shape index (κ3) is 5.45. The molecule has 1 aromatic carbocycles. The Labute approximate surface area is 202 Å². The normalized spacial score (nSPS) is 12.0. The van der Waals surface area contributed by atoms with Gasteiger partial charge in [-0.15, -0.1) is 0 Å². The SMILES string of the molecule is CC(C)n1cc(-c2ccc(C(F)(F)F)nc2)c2nc(SCc3cc(CC(=O)O)ccc3F)ncc21. The van der Waals surface area contributed by atoms with Crippen LogP contribution < -0.4 is 0 Å². The molecule has 0 aliphatic heterocycles. The minimum Gasteiger partial charge on any atom is -0.481 e. The van der Waals surface area contributed by atoms with E-state index in [2.05, 4.69) is 15.0 Å². The topological polar surface area (TPSA) is 80.9 Å². The first-order valence-electron chi connectivity index (χ1n) is 10.6. The molecular formula is C24H20F4N4O2S. The van der Waals surface area contributed by atoms with Gasteiger partial charge in [-0.3, -0.25) is 9.78 Å². The molecule has 11 heteroatoms. The lowest BCUT2D eigenvalue weighted by Crippen LogP contribution is -2.07. The zero-order valence-corrected chi connectivity index (χ0v) is 19.5. The number of aliphatic carboxylic acids is 1. The molecule has 3 aromatic heterocycles. The summed E-state index contributed by atoms with van der Waals surface area (Å²) in [5.74, 6) is -1.30. The quantitative estimate of drug-likeness (QED) is 0.185. The molecule has 0 amide bonds. The maximum absolute atomic E-state index is 14.3. The summed E-state index contributed by atoms with van der Waals surface area (Å²) in [6, 6.07) is 6.49. The molecular weight excluding hydrogens is 484 g/mol. The Morgan fingerprint density at radius 2 is 1.91 bits per heavy atom. The van der Waals surface area contributed by atoms with Gasteiger partial charge in [0.1, 0.15) is 17.0 Å². The van der Waals surface area contributed by atoms with Gasteiger partial charge in [0, 0.05) is 35.3 Å². The maximum Gasteiger partial charge on any atom is 0.433 e. The summed E-state index contributed by atoms with van der Waals surface area (Å²) in [5, 5.41) is 9.32. The van der Waals surface area contributed by atoms with Gasteiger partial charge in [-0.05, 0) is 37.1 Å². The predicted octanol–water partition coefficient (Wildman–Crippen LogP) is 6.15. The Balaban J connectivity index is 1.67. The molecule has 0 spiro atoms. The molecule has 0 atom stereocenters. The number of rotatable bonds is 7. The Kier molecular flexibility index (Phi) is 6.79. The van der Waals surface area contributed by atoms with Crippen LogP contribution in [0.15, 0.2) is 54.1 Å². The van der Waals surface area contributed by atoms with Crippen LogP contribution in [0.1, 0.15) is 36.7 Å². The van der Waals surface area contributed by atoms with Crippen molar-refractivity contribution >= 4 is 28.8 Å². The van der Waals surface area contributed by atoms with Crippen LogP contribution in [0.3, 0.4) is 0 Å². The molecule has 4 aromatic rings. The van der Waals surface area contributed by atoms with E-state index in [-0.39, 0.29) is 18.2 Å². The zero-order valence-electron chi connectivity index (χ0n) is 18.7. The number of alkyl halides is 3. The lowest BCUT2D eigenvalue weighted by molar-refractivity contribution is -0.141. The van der Waals surface area contributed by atoms with E-state index in [1.54, 1.807) is 12.4 Å². The minimum absolute atomic E-state index is 0.0434. The van der Waals surface area contributed by atoms with Gasteiger partial charge in [-0.2, -0.15) is 13.2 Å². The summed E-state index contributed by atoms with van der Waals surface area (Å²) in [4.78, 5) is 23.5. The van der Waals surface area contributed by atoms with E-state index in [9.17, 15) is 22.4 Å². The molecule has 182 valence electrons. The van der Waals surface area contributed by atoms with E-state index in [0.717, 1.165) is 6.07 Å². The summed E-state index contributed by atoms with van der Waals surface area (Å²) in [7, 11) is 0. The second-order valence-corrected chi connectivity index (χ2v) is 9.09. The largest absolute Gasteiger partial charge is 0.481 e. The number of halogens is 4. The van der Waals surface area contributed by atoms with E-state index < -0.39 is 23.7 Å². The van der Waals surface area contributed by atoms with Crippen molar-refractivity contribution in [3.8, 4) is 11.1 Å². The van der Waals surface area contributed by atoms with Gasteiger partial charge in [0.15, 0.2) is 5.16 Å². The van der Waals surface area contributed by atoms with Gasteiger partial charge in [0.2, 0.25) is 0 Å². The molecule has 35 heavy (non-hydrogen) atoms. The van der Waals surface area contributed by atoms with Gasteiger partial charge in [0.05, 0.1) is 18.1 Å². The third-order valence-corrected chi connectivity index (χ3v) is 6.20. The summed E-state index contributed by atoms with van der Waals surface area (Å²) in [5.41, 5.74) is 2.15. The third-order valence-electron chi connectivity index (χ3n) is 5.29. The number of thioether (sulfide) groups is 1. The predicted molar refractivity (Wildman–Crippen MR) is 123 cm³/mol. The number of benzene rings is 1. The fourth-order valence-corrected chi connectivity index (χ4v) is 4.40. The standard InChI is InChI=1S/C24H20F4N4O2S/c1-13(2)32-11-17(15-4-6-20(29-9-15)24(26,27)28)22-19(32)10-30-23(31-22)35-12-16-7-14(8-21(33)34)3-5-18(16)25/h3-7,9-11,13H,8,12H2,1-2H3,(H,33,34). The minimum atomic E-state index is -4.53. The molecule has 0 fully saturated rings. The number of hydrogen-bond acceptors (Lipinski definition) is 5. The van der Waals surface area contributed by atoms with E-state index in [1.807, 2.05) is 18.4 Å². The number of aromatic nitrogens is 4. The summed E-state index contributed by atoms with van der Waals surface area (Å²) in [6.45, 7) is 3.92. The van der Waals surface area contributed by atoms with Gasteiger partial charge in [-0.1, -0.05) is 30.0 Å². The Hall–Kier alpha value is -3.47. The van der Waals surface area contributed by atoms with Crippen LogP contribution >= 0.6 is 11.8 Å². The van der Waals surface area contributed by atoms with Crippen LogP contribution in [0.25, 0.3) is 22.2 Å².